The van der Waals surface area contributed by atoms with E-state index in [1.807, 2.05) is 13.0 Å². The molecule has 22 heavy (non-hydrogen) atoms. The van der Waals surface area contributed by atoms with Crippen LogP contribution < -0.4 is 5.32 Å². The van der Waals surface area contributed by atoms with Crippen LogP contribution >= 0.6 is 0 Å². The van der Waals surface area contributed by atoms with Crippen LogP contribution in [0.1, 0.15) is 21.7 Å². The van der Waals surface area contributed by atoms with Crippen molar-refractivity contribution in [3.05, 3.63) is 59.8 Å². The number of hydrogen-bond donors (Lipinski definition) is 2. The van der Waals surface area contributed by atoms with Crippen molar-refractivity contribution in [2.45, 2.75) is 13.5 Å². The van der Waals surface area contributed by atoms with Crippen LogP contribution in [0.15, 0.2) is 42.9 Å². The highest BCUT2D eigenvalue weighted by atomic mass is 16.3. The molecular formula is C16H14N4O2. The van der Waals surface area contributed by atoms with Gasteiger partial charge in [0.25, 0.3) is 5.91 Å². The number of carbonyl (C=O) groups is 1. The first-order chi connectivity index (χ1) is 10.6. The molecule has 0 bridgehead atoms. The molecule has 1 aromatic carbocycles. The van der Waals surface area contributed by atoms with E-state index in [1.54, 1.807) is 36.8 Å². The monoisotopic (exact) mass is 294 g/mol. The summed E-state index contributed by atoms with van der Waals surface area (Å²) in [7, 11) is 0. The number of aromatic hydroxyl groups is 1. The lowest BCUT2D eigenvalue weighted by Crippen LogP contribution is -2.23. The number of aromatic nitrogens is 3. The van der Waals surface area contributed by atoms with Gasteiger partial charge in [0.05, 0.1) is 29.7 Å². The zero-order valence-electron chi connectivity index (χ0n) is 11.9. The zero-order chi connectivity index (χ0) is 15.5. The van der Waals surface area contributed by atoms with Crippen molar-refractivity contribution in [1.29, 1.82) is 0 Å². The number of phenols is 1. The van der Waals surface area contributed by atoms with Crippen LogP contribution in [0.3, 0.4) is 0 Å². The van der Waals surface area contributed by atoms with Gasteiger partial charge >= 0.3 is 0 Å². The maximum Gasteiger partial charge on any atom is 0.255 e. The number of benzene rings is 1. The summed E-state index contributed by atoms with van der Waals surface area (Å²) in [5, 5.41) is 13.7. The molecule has 0 saturated carbocycles. The Kier molecular flexibility index (Phi) is 3.65. The van der Waals surface area contributed by atoms with Gasteiger partial charge in [-0.15, -0.1) is 0 Å². The number of nitrogens with one attached hydrogen (secondary N) is 1. The first-order valence-electron chi connectivity index (χ1n) is 6.77. The maximum atomic E-state index is 12.2. The largest absolute Gasteiger partial charge is 0.505 e. The number of amides is 1. The SMILES string of the molecule is Cc1cnc(CNC(=O)c2ccc3cccnc3c2O)cn1. The van der Waals surface area contributed by atoms with Crippen molar-refractivity contribution in [1.82, 2.24) is 20.3 Å². The summed E-state index contributed by atoms with van der Waals surface area (Å²) in [6.07, 6.45) is 4.82. The summed E-state index contributed by atoms with van der Waals surface area (Å²) < 4.78 is 0. The van der Waals surface area contributed by atoms with Crippen molar-refractivity contribution in [2.24, 2.45) is 0 Å². The van der Waals surface area contributed by atoms with E-state index in [0.717, 1.165) is 11.1 Å². The second kappa shape index (κ2) is 5.77. The quantitative estimate of drug-likeness (QED) is 0.771. The smallest absolute Gasteiger partial charge is 0.255 e. The van der Waals surface area contributed by atoms with Gasteiger partial charge < -0.3 is 10.4 Å². The number of rotatable bonds is 3. The molecule has 0 aliphatic carbocycles. The molecule has 0 atom stereocenters. The number of carbonyl (C=O) groups excluding carboxylic acids is 1. The summed E-state index contributed by atoms with van der Waals surface area (Å²) in [6.45, 7) is 2.08. The molecule has 6 heteroatoms. The molecule has 0 aliphatic rings. The van der Waals surface area contributed by atoms with E-state index in [2.05, 4.69) is 20.3 Å². The zero-order valence-corrected chi connectivity index (χ0v) is 11.9. The third-order valence-electron chi connectivity index (χ3n) is 3.26. The van der Waals surface area contributed by atoms with Gasteiger partial charge in [-0.3, -0.25) is 19.7 Å². The Balaban J connectivity index is 1.80. The summed E-state index contributed by atoms with van der Waals surface area (Å²) in [5.41, 5.74) is 2.06. The molecule has 0 saturated heterocycles. The van der Waals surface area contributed by atoms with Crippen molar-refractivity contribution in [3.63, 3.8) is 0 Å². The van der Waals surface area contributed by atoms with E-state index in [4.69, 9.17) is 0 Å². The molecule has 0 fully saturated rings. The Bertz CT molecular complexity index is 831. The molecule has 6 nitrogen and oxygen atoms in total. The van der Waals surface area contributed by atoms with Crippen molar-refractivity contribution in [2.75, 3.05) is 0 Å². The molecular weight excluding hydrogens is 280 g/mol. The average molecular weight is 294 g/mol. The first kappa shape index (κ1) is 13.9. The molecule has 0 unspecified atom stereocenters. The summed E-state index contributed by atoms with van der Waals surface area (Å²) in [5.74, 6) is -0.502. The average Bonchev–Trinajstić information content (AvgIpc) is 2.55. The summed E-state index contributed by atoms with van der Waals surface area (Å²) in [4.78, 5) is 24.6. The number of phenolic OH excluding ortho intramolecular Hbond substituents is 1. The summed E-state index contributed by atoms with van der Waals surface area (Å²) >= 11 is 0. The minimum absolute atomic E-state index is 0.120. The Morgan fingerprint density at radius 1 is 1.18 bits per heavy atom. The predicted octanol–water partition coefficient (Wildman–Crippen LogP) is 1.97. The number of nitrogens with zero attached hydrogens (tertiary/aromatic N) is 3. The fourth-order valence-electron chi connectivity index (χ4n) is 2.09. The number of fused-ring (bicyclic) bond motifs is 1. The van der Waals surface area contributed by atoms with E-state index in [9.17, 15) is 9.90 Å². The molecule has 3 rings (SSSR count). The van der Waals surface area contributed by atoms with Crippen LogP contribution in [0.2, 0.25) is 0 Å². The minimum Gasteiger partial charge on any atom is -0.505 e. The molecule has 2 heterocycles. The number of aryl methyl sites for hydroxylation is 1. The van der Waals surface area contributed by atoms with Gasteiger partial charge in [-0.2, -0.15) is 0 Å². The lowest BCUT2D eigenvalue weighted by molar-refractivity contribution is 0.0948. The standard InChI is InChI=1S/C16H14N4O2/c1-10-7-19-12(8-18-10)9-20-16(22)13-5-4-11-3-2-6-17-14(11)15(13)21/h2-8,21H,9H2,1H3,(H,20,22). The Morgan fingerprint density at radius 2 is 2.05 bits per heavy atom. The van der Waals surface area contributed by atoms with Crippen LogP contribution in [-0.2, 0) is 6.54 Å². The minimum atomic E-state index is -0.382. The van der Waals surface area contributed by atoms with Crippen LogP contribution in [0.25, 0.3) is 10.9 Å². The highest BCUT2D eigenvalue weighted by molar-refractivity contribution is 6.02. The van der Waals surface area contributed by atoms with Gasteiger partial charge in [0.15, 0.2) is 5.75 Å². The lowest BCUT2D eigenvalue weighted by atomic mass is 10.1. The highest BCUT2D eigenvalue weighted by Gasteiger charge is 2.14. The molecule has 0 radical (unpaired) electrons. The van der Waals surface area contributed by atoms with Crippen LogP contribution in [0, 0.1) is 6.92 Å². The lowest BCUT2D eigenvalue weighted by Gasteiger charge is -2.08. The van der Waals surface area contributed by atoms with E-state index in [0.29, 0.717) is 11.2 Å². The van der Waals surface area contributed by atoms with E-state index in [-0.39, 0.29) is 23.8 Å². The molecule has 0 aliphatic heterocycles. The predicted molar refractivity (Wildman–Crippen MR) is 81.3 cm³/mol. The van der Waals surface area contributed by atoms with Gasteiger partial charge in [-0.25, -0.2) is 0 Å². The van der Waals surface area contributed by atoms with E-state index >= 15 is 0 Å². The first-order valence-corrected chi connectivity index (χ1v) is 6.77. The van der Waals surface area contributed by atoms with Crippen LogP contribution in [0.5, 0.6) is 5.75 Å². The van der Waals surface area contributed by atoms with Crippen LogP contribution in [-0.4, -0.2) is 26.0 Å². The molecule has 1 amide bonds. The van der Waals surface area contributed by atoms with E-state index in [1.165, 1.54) is 0 Å². The van der Waals surface area contributed by atoms with Crippen molar-refractivity contribution < 1.29 is 9.90 Å². The van der Waals surface area contributed by atoms with E-state index < -0.39 is 0 Å². The van der Waals surface area contributed by atoms with Gasteiger partial charge in [-0.1, -0.05) is 12.1 Å². The fraction of sp³-hybridized carbons (Fsp3) is 0.125. The third-order valence-corrected chi connectivity index (χ3v) is 3.26. The van der Waals surface area contributed by atoms with Crippen molar-refractivity contribution >= 4 is 16.8 Å². The van der Waals surface area contributed by atoms with Crippen LogP contribution in [0.4, 0.5) is 0 Å². The fourth-order valence-corrected chi connectivity index (χ4v) is 2.09. The maximum absolute atomic E-state index is 12.2. The Morgan fingerprint density at radius 3 is 2.82 bits per heavy atom. The molecule has 2 N–H and O–H groups in total. The highest BCUT2D eigenvalue weighted by Crippen LogP contribution is 2.26. The second-order valence-electron chi connectivity index (χ2n) is 4.87. The van der Waals surface area contributed by atoms with Gasteiger partial charge in [0.1, 0.15) is 5.52 Å². The number of hydrogen-bond acceptors (Lipinski definition) is 5. The molecule has 3 aromatic rings. The molecule has 2 aromatic heterocycles. The van der Waals surface area contributed by atoms with Crippen molar-refractivity contribution in [3.8, 4) is 5.75 Å². The van der Waals surface area contributed by atoms with Gasteiger partial charge in [0.2, 0.25) is 0 Å². The molecule has 110 valence electrons. The number of pyridine rings is 1. The topological polar surface area (TPSA) is 88.0 Å². The third kappa shape index (κ3) is 2.71. The Hall–Kier alpha value is -3.02. The summed E-state index contributed by atoms with van der Waals surface area (Å²) in [6, 6.07) is 6.93. The normalized spacial score (nSPS) is 10.6. The van der Waals surface area contributed by atoms with Gasteiger partial charge in [0, 0.05) is 17.8 Å². The molecule has 0 spiro atoms. The second-order valence-corrected chi connectivity index (χ2v) is 4.87. The van der Waals surface area contributed by atoms with Gasteiger partial charge in [-0.05, 0) is 19.1 Å². The Labute approximate surface area is 126 Å².